The predicted octanol–water partition coefficient (Wildman–Crippen LogP) is 2.77. The number of ether oxygens (including phenoxy) is 1. The van der Waals surface area contributed by atoms with Gasteiger partial charge in [0.15, 0.2) is 5.75 Å². The van der Waals surface area contributed by atoms with E-state index in [9.17, 15) is 9.18 Å². The molecular weight excluding hydrogens is 335 g/mol. The SMILES string of the molecule is COc1cnccc1N/C=C\C(N)=NC(=O)C1(c2ccccc2F)CC1. The monoisotopic (exact) mass is 354 g/mol. The largest absolute Gasteiger partial charge is 0.493 e. The van der Waals surface area contributed by atoms with Gasteiger partial charge in [-0.1, -0.05) is 18.2 Å². The molecule has 134 valence electrons. The molecule has 0 aliphatic heterocycles. The van der Waals surface area contributed by atoms with Crippen molar-refractivity contribution in [3.05, 3.63) is 66.4 Å². The molecular formula is C19H19FN4O2. The lowest BCUT2D eigenvalue weighted by atomic mass is 9.94. The molecule has 1 fully saturated rings. The van der Waals surface area contributed by atoms with Crippen molar-refractivity contribution in [3.63, 3.8) is 0 Å². The third-order valence-corrected chi connectivity index (χ3v) is 4.28. The van der Waals surface area contributed by atoms with Crippen LogP contribution in [0.2, 0.25) is 0 Å². The Morgan fingerprint density at radius 3 is 2.85 bits per heavy atom. The number of benzene rings is 1. The summed E-state index contributed by atoms with van der Waals surface area (Å²) in [7, 11) is 1.54. The fraction of sp³-hybridized carbons (Fsp3) is 0.211. The van der Waals surface area contributed by atoms with E-state index >= 15 is 0 Å². The summed E-state index contributed by atoms with van der Waals surface area (Å²) in [4.78, 5) is 20.4. The quantitative estimate of drug-likeness (QED) is 0.615. The summed E-state index contributed by atoms with van der Waals surface area (Å²) in [5.41, 5.74) is 6.01. The van der Waals surface area contributed by atoms with E-state index in [0.29, 0.717) is 29.8 Å². The summed E-state index contributed by atoms with van der Waals surface area (Å²) in [5, 5.41) is 2.99. The highest BCUT2D eigenvalue weighted by molar-refractivity contribution is 6.04. The topological polar surface area (TPSA) is 89.6 Å². The molecule has 0 unspecified atom stereocenters. The number of rotatable bonds is 6. The molecule has 26 heavy (non-hydrogen) atoms. The summed E-state index contributed by atoms with van der Waals surface area (Å²) in [6.07, 6.45) is 7.34. The lowest BCUT2D eigenvalue weighted by molar-refractivity contribution is -0.120. The summed E-state index contributed by atoms with van der Waals surface area (Å²) in [6.45, 7) is 0. The fourth-order valence-corrected chi connectivity index (χ4v) is 2.71. The van der Waals surface area contributed by atoms with Crippen LogP contribution in [0.4, 0.5) is 10.1 Å². The maximum absolute atomic E-state index is 14.0. The Bertz CT molecular complexity index is 875. The van der Waals surface area contributed by atoms with Gasteiger partial charge in [-0.25, -0.2) is 4.39 Å². The van der Waals surface area contributed by atoms with E-state index in [-0.39, 0.29) is 5.84 Å². The van der Waals surface area contributed by atoms with Gasteiger partial charge in [-0.05, 0) is 31.1 Å². The molecule has 3 N–H and O–H groups in total. The zero-order chi connectivity index (χ0) is 18.6. The molecule has 3 rings (SSSR count). The van der Waals surface area contributed by atoms with Crippen molar-refractivity contribution in [1.29, 1.82) is 0 Å². The second-order valence-electron chi connectivity index (χ2n) is 5.96. The standard InChI is InChI=1S/C19H19FN4O2/c1-26-16-12-22-10-6-15(16)23-11-7-17(21)24-18(25)19(8-9-19)13-4-2-3-5-14(13)20/h2-7,10-12H,8-9H2,1H3,(H,22,23)(H2,21,24,25)/b11-7-. The van der Waals surface area contributed by atoms with Gasteiger partial charge in [0, 0.05) is 18.0 Å². The van der Waals surface area contributed by atoms with Crippen LogP contribution >= 0.6 is 0 Å². The van der Waals surface area contributed by atoms with Crippen molar-refractivity contribution in [3.8, 4) is 5.75 Å². The van der Waals surface area contributed by atoms with Crippen LogP contribution in [0.1, 0.15) is 18.4 Å². The Morgan fingerprint density at radius 2 is 2.15 bits per heavy atom. The van der Waals surface area contributed by atoms with E-state index < -0.39 is 17.1 Å². The fourth-order valence-electron chi connectivity index (χ4n) is 2.71. The van der Waals surface area contributed by atoms with Gasteiger partial charge in [-0.3, -0.25) is 9.78 Å². The van der Waals surface area contributed by atoms with Crippen molar-refractivity contribution in [2.24, 2.45) is 10.7 Å². The van der Waals surface area contributed by atoms with Crippen molar-refractivity contribution in [2.75, 3.05) is 12.4 Å². The average Bonchev–Trinajstić information content (AvgIpc) is 3.44. The van der Waals surface area contributed by atoms with Gasteiger partial charge in [-0.15, -0.1) is 0 Å². The highest BCUT2D eigenvalue weighted by Crippen LogP contribution is 2.50. The van der Waals surface area contributed by atoms with Crippen molar-refractivity contribution < 1.29 is 13.9 Å². The Balaban J connectivity index is 1.70. The lowest BCUT2D eigenvalue weighted by Crippen LogP contribution is -2.23. The first-order chi connectivity index (χ1) is 12.6. The zero-order valence-corrected chi connectivity index (χ0v) is 14.3. The normalized spacial score (nSPS) is 15.7. The van der Waals surface area contributed by atoms with E-state index in [1.54, 1.807) is 42.9 Å². The number of halogens is 1. The van der Waals surface area contributed by atoms with Crippen LogP contribution in [0.25, 0.3) is 0 Å². The first-order valence-electron chi connectivity index (χ1n) is 8.11. The number of aromatic nitrogens is 1. The van der Waals surface area contributed by atoms with Gasteiger partial charge in [0.25, 0.3) is 5.91 Å². The van der Waals surface area contributed by atoms with Crippen LogP contribution in [-0.2, 0) is 10.2 Å². The Kier molecular flexibility index (Phi) is 4.97. The van der Waals surface area contributed by atoms with E-state index in [4.69, 9.17) is 10.5 Å². The van der Waals surface area contributed by atoms with Gasteiger partial charge in [-0.2, -0.15) is 4.99 Å². The number of pyridine rings is 1. The second kappa shape index (κ2) is 7.35. The van der Waals surface area contributed by atoms with Gasteiger partial charge in [0.2, 0.25) is 0 Å². The number of nitrogens with one attached hydrogen (secondary N) is 1. The number of anilines is 1. The van der Waals surface area contributed by atoms with Crippen LogP contribution in [0, 0.1) is 5.82 Å². The van der Waals surface area contributed by atoms with Crippen molar-refractivity contribution in [1.82, 2.24) is 4.98 Å². The number of amides is 1. The summed E-state index contributed by atoms with van der Waals surface area (Å²) in [6, 6.07) is 8.02. The maximum atomic E-state index is 14.0. The number of amidine groups is 1. The Hall–Kier alpha value is -3.22. The van der Waals surface area contributed by atoms with Crippen LogP contribution < -0.4 is 15.8 Å². The molecule has 0 bridgehead atoms. The number of nitrogens with zero attached hydrogens (tertiary/aromatic N) is 2. The van der Waals surface area contributed by atoms with Gasteiger partial charge in [0.05, 0.1) is 24.4 Å². The van der Waals surface area contributed by atoms with Crippen LogP contribution in [0.3, 0.4) is 0 Å². The van der Waals surface area contributed by atoms with Crippen LogP contribution in [0.5, 0.6) is 5.75 Å². The third kappa shape index (κ3) is 3.56. The van der Waals surface area contributed by atoms with E-state index in [1.165, 1.54) is 19.3 Å². The Labute approximate surface area is 150 Å². The molecule has 6 nitrogen and oxygen atoms in total. The lowest BCUT2D eigenvalue weighted by Gasteiger charge is -2.12. The average molecular weight is 354 g/mol. The number of methoxy groups -OCH3 is 1. The van der Waals surface area contributed by atoms with Gasteiger partial charge >= 0.3 is 0 Å². The summed E-state index contributed by atoms with van der Waals surface area (Å²) in [5.74, 6) is -0.210. The highest BCUT2D eigenvalue weighted by atomic mass is 19.1. The molecule has 1 aromatic carbocycles. The molecule has 1 amide bonds. The number of aliphatic imine (C=N–C) groups is 1. The molecule has 1 aromatic heterocycles. The number of carbonyl (C=O) groups excluding carboxylic acids is 1. The van der Waals surface area contributed by atoms with Crippen LogP contribution in [-0.4, -0.2) is 23.8 Å². The minimum atomic E-state index is -0.883. The molecule has 0 atom stereocenters. The molecule has 0 spiro atoms. The van der Waals surface area contributed by atoms with Crippen molar-refractivity contribution in [2.45, 2.75) is 18.3 Å². The van der Waals surface area contributed by atoms with E-state index in [0.717, 1.165) is 0 Å². The molecule has 7 heteroatoms. The molecule has 1 aliphatic rings. The van der Waals surface area contributed by atoms with Crippen LogP contribution in [0.15, 0.2) is 60.0 Å². The third-order valence-electron chi connectivity index (χ3n) is 4.28. The second-order valence-corrected chi connectivity index (χ2v) is 5.96. The van der Waals surface area contributed by atoms with Gasteiger partial charge in [0.1, 0.15) is 11.7 Å². The number of nitrogens with two attached hydrogens (primary N) is 1. The summed E-state index contributed by atoms with van der Waals surface area (Å²) < 4.78 is 19.2. The molecule has 1 saturated carbocycles. The number of carbonyl (C=O) groups is 1. The predicted molar refractivity (Wildman–Crippen MR) is 97.5 cm³/mol. The molecule has 0 saturated heterocycles. The van der Waals surface area contributed by atoms with Crippen molar-refractivity contribution >= 4 is 17.4 Å². The molecule has 0 radical (unpaired) electrons. The van der Waals surface area contributed by atoms with Gasteiger partial charge < -0.3 is 15.8 Å². The highest BCUT2D eigenvalue weighted by Gasteiger charge is 2.52. The molecule has 2 aromatic rings. The summed E-state index contributed by atoms with van der Waals surface area (Å²) >= 11 is 0. The van der Waals surface area contributed by atoms with E-state index in [1.807, 2.05) is 0 Å². The maximum Gasteiger partial charge on any atom is 0.258 e. The smallest absolute Gasteiger partial charge is 0.258 e. The Morgan fingerprint density at radius 1 is 1.38 bits per heavy atom. The number of hydrogen-bond donors (Lipinski definition) is 2. The zero-order valence-electron chi connectivity index (χ0n) is 14.3. The minimum Gasteiger partial charge on any atom is -0.493 e. The molecule has 1 heterocycles. The first-order valence-corrected chi connectivity index (χ1v) is 8.11. The number of hydrogen-bond acceptors (Lipinski definition) is 4. The molecule has 1 aliphatic carbocycles. The minimum absolute atomic E-state index is 0.0399. The first kappa shape index (κ1) is 17.6. The van der Waals surface area contributed by atoms with E-state index in [2.05, 4.69) is 15.3 Å².